The monoisotopic (exact) mass is 538 g/mol. The van der Waals surface area contributed by atoms with E-state index in [2.05, 4.69) is 81.3 Å². The van der Waals surface area contributed by atoms with Crippen molar-refractivity contribution in [2.75, 3.05) is 26.2 Å². The number of aromatic amines is 1. The minimum Gasteiger partial charge on any atom is -0.341 e. The summed E-state index contributed by atoms with van der Waals surface area (Å²) in [6, 6.07) is 13.2. The van der Waals surface area contributed by atoms with E-state index < -0.39 is 0 Å². The molecule has 1 aliphatic heterocycles. The highest BCUT2D eigenvalue weighted by molar-refractivity contribution is 9.10. The summed E-state index contributed by atoms with van der Waals surface area (Å²) in [5.41, 5.74) is 5.41. The molecule has 2 heterocycles. The van der Waals surface area contributed by atoms with Gasteiger partial charge >= 0.3 is 0 Å². The lowest BCUT2D eigenvalue weighted by molar-refractivity contribution is 0.119. The van der Waals surface area contributed by atoms with Gasteiger partial charge in [-0.15, -0.1) is 0 Å². The number of nitrogens with zero attached hydrogens (tertiary/aromatic N) is 3. The predicted octanol–water partition coefficient (Wildman–Crippen LogP) is 7.26. The van der Waals surface area contributed by atoms with Crippen LogP contribution in [0.15, 0.2) is 82.9 Å². The van der Waals surface area contributed by atoms with Crippen LogP contribution in [0.4, 0.5) is 4.39 Å². The van der Waals surface area contributed by atoms with E-state index in [4.69, 9.17) is 0 Å². The molecule has 0 radical (unpaired) electrons. The molecule has 186 valence electrons. The number of piperazine rings is 1. The van der Waals surface area contributed by atoms with E-state index in [1.807, 2.05) is 30.3 Å². The Hall–Kier alpha value is -2.54. The third-order valence-corrected chi connectivity index (χ3v) is 6.70. The van der Waals surface area contributed by atoms with Crippen molar-refractivity contribution in [3.8, 4) is 0 Å². The first-order chi connectivity index (χ1) is 16.9. The van der Waals surface area contributed by atoms with Crippen LogP contribution in [0.3, 0.4) is 0 Å². The number of para-hydroxylation sites is 2. The van der Waals surface area contributed by atoms with Crippen LogP contribution in [-0.2, 0) is 13.1 Å². The highest BCUT2D eigenvalue weighted by Crippen LogP contribution is 2.19. The second-order valence-corrected chi connectivity index (χ2v) is 9.79. The number of aromatic nitrogens is 2. The first-order valence-corrected chi connectivity index (χ1v) is 13.0. The summed E-state index contributed by atoms with van der Waals surface area (Å²) >= 11 is 3.42. The maximum absolute atomic E-state index is 13.9. The number of nitrogens with one attached hydrogen (secondary N) is 1. The molecule has 1 N–H and O–H groups in total. The Morgan fingerprint density at radius 2 is 1.74 bits per heavy atom. The molecule has 4 rings (SSSR count). The molecule has 2 aromatic carbocycles. The molecule has 0 atom stereocenters. The van der Waals surface area contributed by atoms with Gasteiger partial charge < -0.3 is 4.98 Å². The summed E-state index contributed by atoms with van der Waals surface area (Å²) in [6.07, 6.45) is 7.27. The average molecular weight is 540 g/mol. The van der Waals surface area contributed by atoms with Crippen LogP contribution in [0.2, 0.25) is 0 Å². The maximum atomic E-state index is 13.9. The van der Waals surface area contributed by atoms with Gasteiger partial charge in [0.05, 0.1) is 17.6 Å². The lowest BCUT2D eigenvalue weighted by Crippen LogP contribution is -2.45. The first kappa shape index (κ1) is 27.1. The van der Waals surface area contributed by atoms with Crippen LogP contribution in [0, 0.1) is 5.82 Å². The molecule has 0 bridgehead atoms. The van der Waals surface area contributed by atoms with Crippen molar-refractivity contribution in [2.45, 2.75) is 40.3 Å². The fourth-order valence-electron chi connectivity index (χ4n) is 3.89. The Morgan fingerprint density at radius 3 is 2.40 bits per heavy atom. The van der Waals surface area contributed by atoms with Gasteiger partial charge in [-0.05, 0) is 61.7 Å². The van der Waals surface area contributed by atoms with E-state index in [1.165, 1.54) is 17.2 Å². The molecule has 3 aromatic rings. The number of H-pyrrole nitrogens is 1. The van der Waals surface area contributed by atoms with Crippen molar-refractivity contribution in [1.29, 1.82) is 0 Å². The second-order valence-electron chi connectivity index (χ2n) is 8.87. The summed E-state index contributed by atoms with van der Waals surface area (Å²) in [4.78, 5) is 12.7. The van der Waals surface area contributed by atoms with Gasteiger partial charge in [0.1, 0.15) is 11.6 Å². The molecule has 0 spiro atoms. The van der Waals surface area contributed by atoms with Gasteiger partial charge in [0.25, 0.3) is 0 Å². The summed E-state index contributed by atoms with van der Waals surface area (Å²) in [7, 11) is 0. The second kappa shape index (κ2) is 13.5. The van der Waals surface area contributed by atoms with Crippen molar-refractivity contribution in [3.05, 3.63) is 100 Å². The summed E-state index contributed by atoms with van der Waals surface area (Å²) < 4.78 is 14.8. The lowest BCUT2D eigenvalue weighted by Gasteiger charge is -2.34. The topological polar surface area (TPSA) is 35.2 Å². The number of benzene rings is 2. The number of imidazole rings is 1. The Balaban J connectivity index is 0.000000292. The van der Waals surface area contributed by atoms with Gasteiger partial charge in [0, 0.05) is 42.8 Å². The number of hydrogen-bond donors (Lipinski definition) is 1. The normalized spacial score (nSPS) is 15.7. The minimum atomic E-state index is -0.132. The van der Waals surface area contributed by atoms with Crippen LogP contribution >= 0.6 is 15.9 Å². The fraction of sp³-hybridized carbons (Fsp3) is 0.345. The first-order valence-electron chi connectivity index (χ1n) is 12.2. The van der Waals surface area contributed by atoms with E-state index in [0.717, 1.165) is 66.0 Å². The molecule has 0 aliphatic carbocycles. The number of rotatable bonds is 7. The predicted molar refractivity (Wildman–Crippen MR) is 149 cm³/mol. The minimum absolute atomic E-state index is 0.132. The summed E-state index contributed by atoms with van der Waals surface area (Å²) in [5, 5.41) is 0. The molecule has 0 amide bonds. The Kier molecular flexibility index (Phi) is 10.5. The van der Waals surface area contributed by atoms with Gasteiger partial charge in [-0.2, -0.15) is 0 Å². The molecule has 0 saturated carbocycles. The molecule has 4 nitrogen and oxygen atoms in total. The van der Waals surface area contributed by atoms with Crippen molar-refractivity contribution >= 4 is 27.0 Å². The molecule has 1 aliphatic rings. The van der Waals surface area contributed by atoms with Crippen LogP contribution in [0.25, 0.3) is 11.0 Å². The van der Waals surface area contributed by atoms with Crippen LogP contribution < -0.4 is 0 Å². The highest BCUT2D eigenvalue weighted by atomic mass is 79.9. The van der Waals surface area contributed by atoms with Gasteiger partial charge in [-0.1, -0.05) is 59.8 Å². The molecular formula is C29H36BrFN4. The zero-order valence-electron chi connectivity index (χ0n) is 21.0. The van der Waals surface area contributed by atoms with Crippen molar-refractivity contribution in [2.24, 2.45) is 0 Å². The summed E-state index contributed by atoms with van der Waals surface area (Å²) in [5.74, 6) is 0.876. The van der Waals surface area contributed by atoms with Gasteiger partial charge in [0.15, 0.2) is 0 Å². The smallest absolute Gasteiger partial charge is 0.127 e. The van der Waals surface area contributed by atoms with E-state index in [0.29, 0.717) is 6.54 Å². The molecular weight excluding hydrogens is 503 g/mol. The van der Waals surface area contributed by atoms with Gasteiger partial charge in [-0.3, -0.25) is 9.80 Å². The number of fused-ring (bicyclic) bond motifs is 1. The molecule has 6 heteroatoms. The Bertz CT molecular complexity index is 1140. The largest absolute Gasteiger partial charge is 0.341 e. The van der Waals surface area contributed by atoms with Gasteiger partial charge in [0.2, 0.25) is 0 Å². The van der Waals surface area contributed by atoms with Crippen LogP contribution in [0.1, 0.15) is 38.6 Å². The standard InChI is InChI=1S/C19H20BrFN4.C10H16/c20-15-5-6-16(21)14(11-15)12-24-7-9-25(10-8-24)13-19-22-17-3-1-2-4-18(17)23-19;1-5-7-8-10(4)9(3)6-2/h1-6,11H,7-10,12-13H2,(H,22,23);6-8H,2,5H2,1,3-4H3/b;8-7-,10-9-. The number of allylic oxidation sites excluding steroid dienone is 5. The average Bonchev–Trinajstić information content (AvgIpc) is 3.28. The third kappa shape index (κ3) is 8.27. The van der Waals surface area contributed by atoms with E-state index in [-0.39, 0.29) is 5.82 Å². The molecule has 1 fully saturated rings. The number of halogens is 2. The molecule has 0 unspecified atom stereocenters. The fourth-order valence-corrected chi connectivity index (χ4v) is 4.30. The van der Waals surface area contributed by atoms with Crippen molar-refractivity contribution in [1.82, 2.24) is 19.8 Å². The van der Waals surface area contributed by atoms with Crippen LogP contribution in [-0.4, -0.2) is 45.9 Å². The Labute approximate surface area is 217 Å². The molecule has 35 heavy (non-hydrogen) atoms. The summed E-state index contributed by atoms with van der Waals surface area (Å²) in [6.45, 7) is 15.3. The van der Waals surface area contributed by atoms with E-state index >= 15 is 0 Å². The third-order valence-electron chi connectivity index (χ3n) is 6.21. The van der Waals surface area contributed by atoms with Crippen molar-refractivity contribution in [3.63, 3.8) is 0 Å². The van der Waals surface area contributed by atoms with E-state index in [1.54, 1.807) is 6.07 Å². The number of hydrogen-bond acceptors (Lipinski definition) is 3. The maximum Gasteiger partial charge on any atom is 0.127 e. The molecule has 1 aromatic heterocycles. The van der Waals surface area contributed by atoms with Crippen molar-refractivity contribution < 1.29 is 4.39 Å². The lowest BCUT2D eigenvalue weighted by atomic mass is 10.1. The van der Waals surface area contributed by atoms with E-state index in [9.17, 15) is 4.39 Å². The molecule has 1 saturated heterocycles. The quantitative estimate of drug-likeness (QED) is 0.321. The van der Waals surface area contributed by atoms with Crippen LogP contribution in [0.5, 0.6) is 0 Å². The SMILES string of the molecule is C=C/C(C)=C(C)\C=C/CC.Fc1ccc(Br)cc1CN1CCN(Cc2nc3ccccc3[nH]2)CC1. The Morgan fingerprint density at radius 1 is 1.06 bits per heavy atom. The highest BCUT2D eigenvalue weighted by Gasteiger charge is 2.19. The van der Waals surface area contributed by atoms with Gasteiger partial charge in [-0.25, -0.2) is 9.37 Å². The zero-order valence-corrected chi connectivity index (χ0v) is 22.6. The zero-order chi connectivity index (χ0) is 25.2.